The lowest BCUT2D eigenvalue weighted by molar-refractivity contribution is -0.129. The average molecular weight is 302 g/mol. The van der Waals surface area contributed by atoms with Crippen molar-refractivity contribution in [3.63, 3.8) is 0 Å². The molecule has 1 aromatic heterocycles. The zero-order valence-electron chi connectivity index (χ0n) is 12.2. The molecular weight excluding hydrogens is 286 g/mol. The second-order valence-corrected chi connectivity index (χ2v) is 5.45. The number of halogens is 2. The SMILES string of the molecule is CC(=O)N1CCC[C@H]1c1cccc(-c2ccc(F)c(F)c2)n1. The van der Waals surface area contributed by atoms with E-state index in [1.165, 1.54) is 6.07 Å². The monoisotopic (exact) mass is 302 g/mol. The third kappa shape index (κ3) is 2.71. The standard InChI is InChI=1S/C17H16F2N2O/c1-11(22)21-9-3-6-17(21)16-5-2-4-15(20-16)12-7-8-13(18)14(19)10-12/h2,4-5,7-8,10,17H,3,6,9H2,1H3/t17-/m0/s1. The van der Waals surface area contributed by atoms with Gasteiger partial charge in [0.2, 0.25) is 5.91 Å². The van der Waals surface area contributed by atoms with Crippen molar-refractivity contribution in [2.75, 3.05) is 6.54 Å². The summed E-state index contributed by atoms with van der Waals surface area (Å²) in [5.74, 6) is -1.74. The van der Waals surface area contributed by atoms with Crippen LogP contribution in [0.2, 0.25) is 0 Å². The molecule has 0 unspecified atom stereocenters. The molecule has 1 amide bonds. The fourth-order valence-corrected chi connectivity index (χ4v) is 2.90. The van der Waals surface area contributed by atoms with Crippen LogP contribution in [0.15, 0.2) is 36.4 Å². The second kappa shape index (κ2) is 5.83. The number of carbonyl (C=O) groups is 1. The number of benzene rings is 1. The molecule has 114 valence electrons. The molecule has 0 radical (unpaired) electrons. The normalized spacial score (nSPS) is 17.8. The minimum atomic E-state index is -0.893. The molecule has 0 aliphatic carbocycles. The van der Waals surface area contributed by atoms with Crippen LogP contribution in [0.5, 0.6) is 0 Å². The van der Waals surface area contributed by atoms with Gasteiger partial charge in [0, 0.05) is 19.0 Å². The summed E-state index contributed by atoms with van der Waals surface area (Å²) in [6.45, 7) is 2.29. The second-order valence-electron chi connectivity index (χ2n) is 5.45. The van der Waals surface area contributed by atoms with Gasteiger partial charge in [-0.2, -0.15) is 0 Å². The molecule has 3 rings (SSSR count). The molecule has 0 saturated carbocycles. The largest absolute Gasteiger partial charge is 0.334 e. The maximum absolute atomic E-state index is 13.4. The van der Waals surface area contributed by atoms with Crippen molar-refractivity contribution >= 4 is 5.91 Å². The van der Waals surface area contributed by atoms with E-state index in [1.54, 1.807) is 17.9 Å². The van der Waals surface area contributed by atoms with Crippen LogP contribution >= 0.6 is 0 Å². The van der Waals surface area contributed by atoms with Crippen LogP contribution in [-0.4, -0.2) is 22.3 Å². The van der Waals surface area contributed by atoms with Crippen LogP contribution in [-0.2, 0) is 4.79 Å². The number of rotatable bonds is 2. The van der Waals surface area contributed by atoms with Gasteiger partial charge in [-0.15, -0.1) is 0 Å². The number of amides is 1. The van der Waals surface area contributed by atoms with Gasteiger partial charge in [-0.05, 0) is 43.2 Å². The molecule has 1 atom stereocenters. The summed E-state index contributed by atoms with van der Waals surface area (Å²) in [6.07, 6.45) is 1.81. The average Bonchev–Trinajstić information content (AvgIpc) is 3.00. The highest BCUT2D eigenvalue weighted by atomic mass is 19.2. The highest BCUT2D eigenvalue weighted by molar-refractivity contribution is 5.74. The maximum Gasteiger partial charge on any atom is 0.220 e. The van der Waals surface area contributed by atoms with Crippen LogP contribution in [0.4, 0.5) is 8.78 Å². The lowest BCUT2D eigenvalue weighted by Crippen LogP contribution is -2.28. The predicted molar refractivity (Wildman–Crippen MR) is 79.0 cm³/mol. The summed E-state index contributed by atoms with van der Waals surface area (Å²) in [6, 6.07) is 9.15. The first-order valence-corrected chi connectivity index (χ1v) is 7.26. The molecule has 1 saturated heterocycles. The van der Waals surface area contributed by atoms with Crippen LogP contribution in [0.1, 0.15) is 31.5 Å². The van der Waals surface area contributed by atoms with Crippen molar-refractivity contribution in [2.45, 2.75) is 25.8 Å². The Bertz CT molecular complexity index is 718. The lowest BCUT2D eigenvalue weighted by Gasteiger charge is -2.23. The van der Waals surface area contributed by atoms with Crippen molar-refractivity contribution in [3.05, 3.63) is 53.7 Å². The molecule has 1 fully saturated rings. The van der Waals surface area contributed by atoms with Crippen LogP contribution in [0, 0.1) is 11.6 Å². The molecule has 0 N–H and O–H groups in total. The number of hydrogen-bond acceptors (Lipinski definition) is 2. The molecule has 0 bridgehead atoms. The van der Waals surface area contributed by atoms with Crippen molar-refractivity contribution in [1.82, 2.24) is 9.88 Å². The fraction of sp³-hybridized carbons (Fsp3) is 0.294. The first-order chi connectivity index (χ1) is 10.6. The molecule has 1 aromatic carbocycles. The summed E-state index contributed by atoms with van der Waals surface area (Å²) in [5.41, 5.74) is 1.88. The Balaban J connectivity index is 1.95. The smallest absolute Gasteiger partial charge is 0.220 e. The van der Waals surface area contributed by atoms with Crippen LogP contribution in [0.3, 0.4) is 0 Å². The molecule has 0 spiro atoms. The highest BCUT2D eigenvalue weighted by Gasteiger charge is 2.28. The van der Waals surface area contributed by atoms with Crippen molar-refractivity contribution in [1.29, 1.82) is 0 Å². The Kier molecular flexibility index (Phi) is 3.88. The number of likely N-dealkylation sites (tertiary alicyclic amines) is 1. The van der Waals surface area contributed by atoms with Gasteiger partial charge < -0.3 is 4.90 Å². The summed E-state index contributed by atoms with van der Waals surface area (Å²) in [7, 11) is 0. The van der Waals surface area contributed by atoms with Crippen molar-refractivity contribution in [2.24, 2.45) is 0 Å². The van der Waals surface area contributed by atoms with Gasteiger partial charge in [-0.3, -0.25) is 9.78 Å². The molecule has 1 aliphatic heterocycles. The van der Waals surface area contributed by atoms with E-state index in [0.29, 0.717) is 11.3 Å². The molecular formula is C17H16F2N2O. The van der Waals surface area contributed by atoms with E-state index >= 15 is 0 Å². The minimum absolute atomic E-state index is 0.0301. The molecule has 22 heavy (non-hydrogen) atoms. The van der Waals surface area contributed by atoms with E-state index in [-0.39, 0.29) is 11.9 Å². The zero-order valence-corrected chi connectivity index (χ0v) is 12.2. The van der Waals surface area contributed by atoms with E-state index < -0.39 is 11.6 Å². The van der Waals surface area contributed by atoms with E-state index in [0.717, 1.165) is 37.2 Å². The predicted octanol–water partition coefficient (Wildman–Crippen LogP) is 3.71. The first-order valence-electron chi connectivity index (χ1n) is 7.26. The van der Waals surface area contributed by atoms with E-state index in [9.17, 15) is 13.6 Å². The molecule has 1 aliphatic rings. The maximum atomic E-state index is 13.4. The lowest BCUT2D eigenvalue weighted by atomic mass is 10.1. The summed E-state index contributed by atoms with van der Waals surface area (Å²) in [4.78, 5) is 18.0. The third-order valence-corrected chi connectivity index (χ3v) is 3.98. The van der Waals surface area contributed by atoms with E-state index in [4.69, 9.17) is 0 Å². The first kappa shape index (κ1) is 14.6. The van der Waals surface area contributed by atoms with Gasteiger partial charge in [-0.25, -0.2) is 8.78 Å². The van der Waals surface area contributed by atoms with Gasteiger partial charge >= 0.3 is 0 Å². The highest BCUT2D eigenvalue weighted by Crippen LogP contribution is 2.32. The summed E-state index contributed by atoms with van der Waals surface area (Å²) in [5, 5.41) is 0. The Morgan fingerprint density at radius 3 is 2.77 bits per heavy atom. The number of nitrogens with zero attached hydrogens (tertiary/aromatic N) is 2. The zero-order chi connectivity index (χ0) is 15.7. The van der Waals surface area contributed by atoms with Crippen LogP contribution in [0.25, 0.3) is 11.3 Å². The van der Waals surface area contributed by atoms with Gasteiger partial charge in [0.15, 0.2) is 11.6 Å². The van der Waals surface area contributed by atoms with E-state index in [1.807, 2.05) is 12.1 Å². The Hall–Kier alpha value is -2.30. The summed E-state index contributed by atoms with van der Waals surface area (Å²) >= 11 is 0. The molecule has 2 aromatic rings. The summed E-state index contributed by atoms with van der Waals surface area (Å²) < 4.78 is 26.4. The van der Waals surface area contributed by atoms with Crippen LogP contribution < -0.4 is 0 Å². The number of aromatic nitrogens is 1. The third-order valence-electron chi connectivity index (χ3n) is 3.98. The molecule has 2 heterocycles. The van der Waals surface area contributed by atoms with Crippen molar-refractivity contribution in [3.8, 4) is 11.3 Å². The number of pyridine rings is 1. The fourth-order valence-electron chi connectivity index (χ4n) is 2.90. The number of carbonyl (C=O) groups excluding carboxylic acids is 1. The van der Waals surface area contributed by atoms with Gasteiger partial charge in [-0.1, -0.05) is 6.07 Å². The Morgan fingerprint density at radius 2 is 2.05 bits per heavy atom. The van der Waals surface area contributed by atoms with Gasteiger partial charge in [0.25, 0.3) is 0 Å². The van der Waals surface area contributed by atoms with Crippen molar-refractivity contribution < 1.29 is 13.6 Å². The topological polar surface area (TPSA) is 33.2 Å². The van der Waals surface area contributed by atoms with Gasteiger partial charge in [0.1, 0.15) is 0 Å². The molecule has 3 nitrogen and oxygen atoms in total. The van der Waals surface area contributed by atoms with E-state index in [2.05, 4.69) is 4.98 Å². The van der Waals surface area contributed by atoms with Gasteiger partial charge in [0.05, 0.1) is 17.4 Å². The Labute approximate surface area is 127 Å². The minimum Gasteiger partial charge on any atom is -0.334 e. The quantitative estimate of drug-likeness (QED) is 0.847. The molecule has 5 heteroatoms. The Morgan fingerprint density at radius 1 is 1.23 bits per heavy atom. The number of hydrogen-bond donors (Lipinski definition) is 0.